The molecule has 2 rings (SSSR count). The van der Waals surface area contributed by atoms with E-state index in [1.54, 1.807) is 6.92 Å². The third-order valence-corrected chi connectivity index (χ3v) is 2.67. The van der Waals surface area contributed by atoms with Gasteiger partial charge in [0.1, 0.15) is 23.8 Å². The summed E-state index contributed by atoms with van der Waals surface area (Å²) in [7, 11) is 0. The second kappa shape index (κ2) is 4.73. The molecule has 2 aromatic rings. The average molecular weight is 271 g/mol. The fourth-order valence-corrected chi connectivity index (χ4v) is 1.61. The lowest BCUT2D eigenvalue weighted by Gasteiger charge is -2.11. The lowest BCUT2D eigenvalue weighted by molar-refractivity contribution is 0.586. The van der Waals surface area contributed by atoms with Gasteiger partial charge in [0.2, 0.25) is 0 Å². The molecule has 94 valence electrons. The van der Waals surface area contributed by atoms with Gasteiger partial charge in [0.15, 0.2) is 5.82 Å². The molecule has 7 heteroatoms. The maximum Gasteiger partial charge on any atom is 0.151 e. The Bertz CT molecular complexity index is 581. The van der Waals surface area contributed by atoms with Crippen LogP contribution in [0.15, 0.2) is 18.5 Å². The lowest BCUT2D eigenvalue weighted by atomic mass is 10.2. The SMILES string of the molecule is Cc1c(N)ncnc1Nc1c(F)cc(F)cc1Cl. The van der Waals surface area contributed by atoms with Gasteiger partial charge in [0.05, 0.1) is 10.7 Å². The highest BCUT2D eigenvalue weighted by Gasteiger charge is 2.12. The molecule has 0 fully saturated rings. The maximum absolute atomic E-state index is 13.6. The standard InChI is InChI=1S/C11H9ClF2N4/c1-5-10(15)16-4-17-11(5)18-9-7(12)2-6(13)3-8(9)14/h2-4H,1H3,(H3,15,16,17,18). The Balaban J connectivity index is 2.43. The van der Waals surface area contributed by atoms with Crippen LogP contribution in [0, 0.1) is 18.6 Å². The first-order valence-electron chi connectivity index (χ1n) is 4.97. The Morgan fingerprint density at radius 1 is 1.28 bits per heavy atom. The van der Waals surface area contributed by atoms with Gasteiger partial charge < -0.3 is 11.1 Å². The van der Waals surface area contributed by atoms with Crippen LogP contribution in [0.25, 0.3) is 0 Å². The molecule has 0 bridgehead atoms. The van der Waals surface area contributed by atoms with E-state index in [0.717, 1.165) is 12.1 Å². The summed E-state index contributed by atoms with van der Waals surface area (Å²) in [5.41, 5.74) is 6.09. The summed E-state index contributed by atoms with van der Waals surface area (Å²) in [5, 5.41) is 2.59. The highest BCUT2D eigenvalue weighted by Crippen LogP contribution is 2.30. The minimum atomic E-state index is -0.809. The molecular formula is C11H9ClF2N4. The molecule has 0 aliphatic rings. The number of hydrogen-bond donors (Lipinski definition) is 2. The van der Waals surface area contributed by atoms with E-state index < -0.39 is 11.6 Å². The van der Waals surface area contributed by atoms with Gasteiger partial charge in [0, 0.05) is 11.6 Å². The maximum atomic E-state index is 13.6. The van der Waals surface area contributed by atoms with Gasteiger partial charge in [-0.25, -0.2) is 18.7 Å². The molecule has 0 radical (unpaired) electrons. The summed E-state index contributed by atoms with van der Waals surface area (Å²) in [6.07, 6.45) is 1.24. The number of nitrogen functional groups attached to an aromatic ring is 1. The van der Waals surface area contributed by atoms with Crippen LogP contribution in [0.4, 0.5) is 26.1 Å². The van der Waals surface area contributed by atoms with Crippen LogP contribution in [-0.2, 0) is 0 Å². The molecule has 18 heavy (non-hydrogen) atoms. The molecule has 0 spiro atoms. The number of halogens is 3. The van der Waals surface area contributed by atoms with Crippen LogP contribution in [0.3, 0.4) is 0 Å². The summed E-state index contributed by atoms with van der Waals surface area (Å²) < 4.78 is 26.5. The first kappa shape index (κ1) is 12.5. The van der Waals surface area contributed by atoms with E-state index in [-0.39, 0.29) is 16.5 Å². The van der Waals surface area contributed by atoms with Gasteiger partial charge >= 0.3 is 0 Å². The van der Waals surface area contributed by atoms with Crippen molar-refractivity contribution in [3.8, 4) is 0 Å². The van der Waals surface area contributed by atoms with E-state index in [2.05, 4.69) is 15.3 Å². The van der Waals surface area contributed by atoms with E-state index in [1.807, 2.05) is 0 Å². The second-order valence-corrected chi connectivity index (χ2v) is 4.01. The van der Waals surface area contributed by atoms with Crippen molar-refractivity contribution in [2.75, 3.05) is 11.1 Å². The van der Waals surface area contributed by atoms with Crippen LogP contribution in [0.1, 0.15) is 5.56 Å². The van der Waals surface area contributed by atoms with Crippen LogP contribution >= 0.6 is 11.6 Å². The van der Waals surface area contributed by atoms with Crippen molar-refractivity contribution in [3.63, 3.8) is 0 Å². The predicted molar refractivity (Wildman–Crippen MR) is 65.8 cm³/mol. The van der Waals surface area contributed by atoms with Crippen LogP contribution in [0.2, 0.25) is 5.02 Å². The normalized spacial score (nSPS) is 10.4. The molecule has 0 aliphatic heterocycles. The molecule has 0 aliphatic carbocycles. The third-order valence-electron chi connectivity index (χ3n) is 2.37. The summed E-state index contributed by atoms with van der Waals surface area (Å²) >= 11 is 5.76. The van der Waals surface area contributed by atoms with Crippen LogP contribution < -0.4 is 11.1 Å². The van der Waals surface area contributed by atoms with Gasteiger partial charge in [-0.2, -0.15) is 0 Å². The Kier molecular flexibility index (Phi) is 3.29. The molecule has 0 unspecified atom stereocenters. The molecule has 0 atom stereocenters. The summed E-state index contributed by atoms with van der Waals surface area (Å²) in [6.45, 7) is 1.67. The Hall–Kier alpha value is -1.95. The molecule has 1 aromatic carbocycles. The summed E-state index contributed by atoms with van der Waals surface area (Å²) in [6, 6.07) is 1.74. The van der Waals surface area contributed by atoms with Gasteiger partial charge in [-0.1, -0.05) is 11.6 Å². The van der Waals surface area contributed by atoms with Gasteiger partial charge in [-0.3, -0.25) is 0 Å². The number of nitrogens with zero attached hydrogens (tertiary/aromatic N) is 2. The van der Waals surface area contributed by atoms with E-state index in [1.165, 1.54) is 6.33 Å². The number of nitrogens with two attached hydrogens (primary N) is 1. The summed E-state index contributed by atoms with van der Waals surface area (Å²) in [4.78, 5) is 7.70. The zero-order valence-electron chi connectivity index (χ0n) is 9.34. The zero-order valence-corrected chi connectivity index (χ0v) is 10.1. The van der Waals surface area contributed by atoms with Crippen molar-refractivity contribution in [2.45, 2.75) is 6.92 Å². The quantitative estimate of drug-likeness (QED) is 0.880. The van der Waals surface area contributed by atoms with E-state index >= 15 is 0 Å². The third kappa shape index (κ3) is 2.33. The van der Waals surface area contributed by atoms with E-state index in [4.69, 9.17) is 17.3 Å². The fourth-order valence-electron chi connectivity index (χ4n) is 1.37. The van der Waals surface area contributed by atoms with Crippen molar-refractivity contribution in [1.82, 2.24) is 9.97 Å². The average Bonchev–Trinajstić information content (AvgIpc) is 2.28. The number of nitrogens with one attached hydrogen (secondary N) is 1. The monoisotopic (exact) mass is 270 g/mol. The zero-order chi connectivity index (χ0) is 13.3. The molecule has 3 N–H and O–H groups in total. The Morgan fingerprint density at radius 2 is 2.00 bits per heavy atom. The Labute approximate surface area is 107 Å². The molecule has 1 heterocycles. The van der Waals surface area contributed by atoms with Crippen LogP contribution in [-0.4, -0.2) is 9.97 Å². The highest BCUT2D eigenvalue weighted by atomic mass is 35.5. The predicted octanol–water partition coefficient (Wildman–Crippen LogP) is 3.04. The molecule has 0 amide bonds. The fraction of sp³-hybridized carbons (Fsp3) is 0.0909. The van der Waals surface area contributed by atoms with Gasteiger partial charge in [0.25, 0.3) is 0 Å². The molecule has 4 nitrogen and oxygen atoms in total. The smallest absolute Gasteiger partial charge is 0.151 e. The number of anilines is 3. The van der Waals surface area contributed by atoms with Crippen molar-refractivity contribution >= 4 is 28.9 Å². The number of rotatable bonds is 2. The molecular weight excluding hydrogens is 262 g/mol. The Morgan fingerprint density at radius 3 is 2.67 bits per heavy atom. The van der Waals surface area contributed by atoms with Crippen molar-refractivity contribution < 1.29 is 8.78 Å². The van der Waals surface area contributed by atoms with Gasteiger partial charge in [-0.15, -0.1) is 0 Å². The lowest BCUT2D eigenvalue weighted by Crippen LogP contribution is -2.03. The largest absolute Gasteiger partial charge is 0.383 e. The van der Waals surface area contributed by atoms with Crippen molar-refractivity contribution in [3.05, 3.63) is 40.7 Å². The van der Waals surface area contributed by atoms with Gasteiger partial charge in [-0.05, 0) is 13.0 Å². The van der Waals surface area contributed by atoms with Crippen molar-refractivity contribution in [1.29, 1.82) is 0 Å². The summed E-state index contributed by atoms with van der Waals surface area (Å²) in [5.74, 6) is -0.973. The number of hydrogen-bond acceptors (Lipinski definition) is 4. The minimum absolute atomic E-state index is 0.0562. The van der Waals surface area contributed by atoms with E-state index in [9.17, 15) is 8.78 Å². The first-order chi connectivity index (χ1) is 8.49. The van der Waals surface area contributed by atoms with E-state index in [0.29, 0.717) is 11.4 Å². The molecule has 0 saturated heterocycles. The first-order valence-corrected chi connectivity index (χ1v) is 5.35. The minimum Gasteiger partial charge on any atom is -0.383 e. The number of benzene rings is 1. The topological polar surface area (TPSA) is 63.8 Å². The van der Waals surface area contributed by atoms with Crippen molar-refractivity contribution in [2.24, 2.45) is 0 Å². The van der Waals surface area contributed by atoms with Crippen LogP contribution in [0.5, 0.6) is 0 Å². The highest BCUT2D eigenvalue weighted by molar-refractivity contribution is 6.33. The second-order valence-electron chi connectivity index (χ2n) is 3.60. The molecule has 0 saturated carbocycles. The number of aromatic nitrogens is 2. The molecule has 1 aromatic heterocycles.